The first-order chi connectivity index (χ1) is 11.6. The van der Waals surface area contributed by atoms with Crippen molar-refractivity contribution < 1.29 is 9.59 Å². The van der Waals surface area contributed by atoms with Crippen molar-refractivity contribution in [3.8, 4) is 0 Å². The standard InChI is InChI=1S/C18H20N2O2S2/c1-13-6-3-4-7-14(13)18-20(16(21)12-24-18)10-9-19(2)17(22)15-8-5-11-23-15/h3-8,11,18H,9-10,12H2,1-2H3/t18-/m1/s1. The molecule has 1 aromatic carbocycles. The van der Waals surface area contributed by atoms with Crippen molar-refractivity contribution in [1.82, 2.24) is 9.80 Å². The maximum absolute atomic E-state index is 12.3. The van der Waals surface area contributed by atoms with Crippen LogP contribution in [0, 0.1) is 6.92 Å². The van der Waals surface area contributed by atoms with Gasteiger partial charge in [-0.1, -0.05) is 30.3 Å². The number of thiophene rings is 1. The van der Waals surface area contributed by atoms with E-state index in [1.54, 1.807) is 23.7 Å². The molecule has 1 fully saturated rings. The van der Waals surface area contributed by atoms with Crippen molar-refractivity contribution in [3.63, 3.8) is 0 Å². The lowest BCUT2D eigenvalue weighted by atomic mass is 10.1. The lowest BCUT2D eigenvalue weighted by Crippen LogP contribution is -2.38. The molecule has 3 rings (SSSR count). The smallest absolute Gasteiger partial charge is 0.263 e. The van der Waals surface area contributed by atoms with E-state index in [1.807, 2.05) is 34.5 Å². The number of rotatable bonds is 5. The first-order valence-electron chi connectivity index (χ1n) is 7.83. The van der Waals surface area contributed by atoms with Crippen LogP contribution in [0.25, 0.3) is 0 Å². The number of carbonyl (C=O) groups excluding carboxylic acids is 2. The van der Waals surface area contributed by atoms with E-state index in [2.05, 4.69) is 19.1 Å². The molecule has 1 aliphatic rings. The highest BCUT2D eigenvalue weighted by Gasteiger charge is 2.33. The summed E-state index contributed by atoms with van der Waals surface area (Å²) in [5, 5.41) is 1.94. The number of carbonyl (C=O) groups is 2. The maximum atomic E-state index is 12.3. The van der Waals surface area contributed by atoms with Crippen molar-refractivity contribution in [2.24, 2.45) is 0 Å². The van der Waals surface area contributed by atoms with Crippen LogP contribution in [0.2, 0.25) is 0 Å². The average Bonchev–Trinajstić information content (AvgIpc) is 3.23. The summed E-state index contributed by atoms with van der Waals surface area (Å²) < 4.78 is 0. The molecule has 2 heterocycles. The summed E-state index contributed by atoms with van der Waals surface area (Å²) in [4.78, 5) is 28.9. The number of thioether (sulfide) groups is 1. The summed E-state index contributed by atoms with van der Waals surface area (Å²) >= 11 is 3.10. The molecule has 0 spiro atoms. The lowest BCUT2D eigenvalue weighted by molar-refractivity contribution is -0.128. The second kappa shape index (κ2) is 7.40. The van der Waals surface area contributed by atoms with Gasteiger partial charge in [0.25, 0.3) is 5.91 Å². The minimum absolute atomic E-state index is 0.0109. The first-order valence-corrected chi connectivity index (χ1v) is 9.76. The molecule has 126 valence electrons. The van der Waals surface area contributed by atoms with Crippen LogP contribution in [0.1, 0.15) is 26.2 Å². The minimum Gasteiger partial charge on any atom is -0.339 e. The fraction of sp³-hybridized carbons (Fsp3) is 0.333. The highest BCUT2D eigenvalue weighted by Crippen LogP contribution is 2.39. The maximum Gasteiger partial charge on any atom is 0.263 e. The van der Waals surface area contributed by atoms with Crippen LogP contribution < -0.4 is 0 Å². The Hall–Kier alpha value is -1.79. The van der Waals surface area contributed by atoms with Crippen molar-refractivity contribution in [2.75, 3.05) is 25.9 Å². The van der Waals surface area contributed by atoms with Crippen molar-refractivity contribution in [2.45, 2.75) is 12.3 Å². The van der Waals surface area contributed by atoms with E-state index in [0.29, 0.717) is 18.8 Å². The molecule has 0 saturated carbocycles. The minimum atomic E-state index is 0.0109. The monoisotopic (exact) mass is 360 g/mol. The predicted octanol–water partition coefficient (Wildman–Crippen LogP) is 3.40. The molecule has 1 saturated heterocycles. The second-order valence-electron chi connectivity index (χ2n) is 5.81. The van der Waals surface area contributed by atoms with Gasteiger partial charge in [-0.2, -0.15) is 0 Å². The van der Waals surface area contributed by atoms with Crippen LogP contribution >= 0.6 is 23.1 Å². The summed E-state index contributed by atoms with van der Waals surface area (Å²) in [5.41, 5.74) is 2.37. The number of hydrogen-bond donors (Lipinski definition) is 0. The number of nitrogens with zero attached hydrogens (tertiary/aromatic N) is 2. The molecule has 1 aliphatic heterocycles. The van der Waals surface area contributed by atoms with Gasteiger partial charge >= 0.3 is 0 Å². The molecule has 24 heavy (non-hydrogen) atoms. The Balaban J connectivity index is 1.67. The van der Waals surface area contributed by atoms with Crippen LogP contribution in [-0.2, 0) is 4.79 Å². The van der Waals surface area contributed by atoms with Gasteiger partial charge in [0.05, 0.1) is 10.6 Å². The Bertz CT molecular complexity index is 730. The number of hydrogen-bond acceptors (Lipinski definition) is 4. The normalized spacial score (nSPS) is 17.3. The molecule has 1 atom stereocenters. The van der Waals surface area contributed by atoms with Gasteiger partial charge in [-0.25, -0.2) is 0 Å². The molecule has 2 amide bonds. The summed E-state index contributed by atoms with van der Waals surface area (Å²) in [6, 6.07) is 11.9. The summed E-state index contributed by atoms with van der Waals surface area (Å²) in [6.45, 7) is 3.16. The lowest BCUT2D eigenvalue weighted by Gasteiger charge is -2.27. The summed E-state index contributed by atoms with van der Waals surface area (Å²) in [7, 11) is 1.79. The Morgan fingerprint density at radius 3 is 2.79 bits per heavy atom. The molecule has 2 aromatic rings. The van der Waals surface area contributed by atoms with Gasteiger partial charge in [-0.05, 0) is 29.5 Å². The molecule has 6 heteroatoms. The number of amides is 2. The van der Waals surface area contributed by atoms with Gasteiger partial charge in [-0.3, -0.25) is 9.59 Å². The van der Waals surface area contributed by atoms with Gasteiger partial charge in [-0.15, -0.1) is 23.1 Å². The molecule has 4 nitrogen and oxygen atoms in total. The third-order valence-electron chi connectivity index (χ3n) is 4.18. The van der Waals surface area contributed by atoms with E-state index in [1.165, 1.54) is 22.5 Å². The quantitative estimate of drug-likeness (QED) is 0.820. The van der Waals surface area contributed by atoms with Gasteiger partial charge in [0.1, 0.15) is 5.37 Å². The molecule has 0 bridgehead atoms. The molecule has 0 aliphatic carbocycles. The number of likely N-dealkylation sites (N-methyl/N-ethyl adjacent to an activating group) is 1. The predicted molar refractivity (Wildman–Crippen MR) is 99.4 cm³/mol. The van der Waals surface area contributed by atoms with Crippen LogP contribution in [0.3, 0.4) is 0 Å². The fourth-order valence-electron chi connectivity index (χ4n) is 2.77. The zero-order chi connectivity index (χ0) is 17.1. The molecule has 1 aromatic heterocycles. The van der Waals surface area contributed by atoms with Crippen molar-refractivity contribution in [1.29, 1.82) is 0 Å². The Morgan fingerprint density at radius 2 is 2.08 bits per heavy atom. The average molecular weight is 361 g/mol. The third kappa shape index (κ3) is 3.49. The first kappa shape index (κ1) is 17.0. The van der Waals surface area contributed by atoms with Gasteiger partial charge in [0.2, 0.25) is 5.91 Å². The van der Waals surface area contributed by atoms with E-state index in [-0.39, 0.29) is 17.2 Å². The zero-order valence-corrected chi connectivity index (χ0v) is 15.4. The molecule has 0 N–H and O–H groups in total. The Labute approximate surface area is 150 Å². The van der Waals surface area contributed by atoms with Crippen LogP contribution in [0.15, 0.2) is 41.8 Å². The zero-order valence-electron chi connectivity index (χ0n) is 13.8. The molecule has 0 unspecified atom stereocenters. The topological polar surface area (TPSA) is 40.6 Å². The highest BCUT2D eigenvalue weighted by molar-refractivity contribution is 8.00. The van der Waals surface area contributed by atoms with E-state index in [9.17, 15) is 9.59 Å². The van der Waals surface area contributed by atoms with E-state index in [0.717, 1.165) is 4.88 Å². The SMILES string of the molecule is Cc1ccccc1[C@H]1SCC(=O)N1CCN(C)C(=O)c1cccs1. The van der Waals surface area contributed by atoms with Crippen molar-refractivity contribution >= 4 is 34.9 Å². The Kier molecular flexibility index (Phi) is 5.26. The van der Waals surface area contributed by atoms with Crippen LogP contribution in [-0.4, -0.2) is 47.5 Å². The molecular formula is C18H20N2O2S2. The number of benzene rings is 1. The summed E-state index contributed by atoms with van der Waals surface area (Å²) in [6.07, 6.45) is 0. The van der Waals surface area contributed by atoms with Crippen LogP contribution in [0.5, 0.6) is 0 Å². The molecule has 0 radical (unpaired) electrons. The largest absolute Gasteiger partial charge is 0.339 e. The number of aryl methyl sites for hydroxylation is 1. The van der Waals surface area contributed by atoms with Crippen LogP contribution in [0.4, 0.5) is 0 Å². The molecular weight excluding hydrogens is 340 g/mol. The highest BCUT2D eigenvalue weighted by atomic mass is 32.2. The third-order valence-corrected chi connectivity index (χ3v) is 6.27. The van der Waals surface area contributed by atoms with E-state index in [4.69, 9.17) is 0 Å². The summed E-state index contributed by atoms with van der Waals surface area (Å²) in [5.74, 6) is 0.656. The second-order valence-corrected chi connectivity index (χ2v) is 7.83. The van der Waals surface area contributed by atoms with Gasteiger partial charge < -0.3 is 9.80 Å². The fourth-order valence-corrected chi connectivity index (χ4v) is 4.80. The Morgan fingerprint density at radius 1 is 1.29 bits per heavy atom. The van der Waals surface area contributed by atoms with Gasteiger partial charge in [0.15, 0.2) is 0 Å². The van der Waals surface area contributed by atoms with Gasteiger partial charge in [0, 0.05) is 20.1 Å². The van der Waals surface area contributed by atoms with E-state index < -0.39 is 0 Å². The van der Waals surface area contributed by atoms with Crippen molar-refractivity contribution in [3.05, 3.63) is 57.8 Å². The van der Waals surface area contributed by atoms with E-state index >= 15 is 0 Å².